The van der Waals surface area contributed by atoms with Crippen LogP contribution >= 0.6 is 12.4 Å². The highest BCUT2D eigenvalue weighted by molar-refractivity contribution is 6.06. The Kier molecular flexibility index (Phi) is 8.75. The van der Waals surface area contributed by atoms with E-state index in [0.29, 0.717) is 12.1 Å². The van der Waals surface area contributed by atoms with E-state index in [9.17, 15) is 14.9 Å². The minimum Gasteiger partial charge on any atom is -0.307 e. The summed E-state index contributed by atoms with van der Waals surface area (Å²) < 4.78 is 0. The van der Waals surface area contributed by atoms with Crippen LogP contribution < -0.4 is 4.90 Å². The number of para-hydroxylation sites is 1. The lowest BCUT2D eigenvalue weighted by molar-refractivity contribution is -0.384. The van der Waals surface area contributed by atoms with Gasteiger partial charge in [-0.1, -0.05) is 32.0 Å². The molecule has 2 aromatic carbocycles. The van der Waals surface area contributed by atoms with Crippen molar-refractivity contribution in [3.63, 3.8) is 0 Å². The van der Waals surface area contributed by atoms with Gasteiger partial charge in [0.2, 0.25) is 0 Å². The van der Waals surface area contributed by atoms with Gasteiger partial charge in [-0.3, -0.25) is 14.9 Å². The van der Waals surface area contributed by atoms with Gasteiger partial charge in [0.05, 0.1) is 4.92 Å². The van der Waals surface area contributed by atoms with Crippen LogP contribution in [0.1, 0.15) is 24.2 Å². The molecule has 0 spiro atoms. The summed E-state index contributed by atoms with van der Waals surface area (Å²) in [7, 11) is 0. The third-order valence-electron chi connectivity index (χ3n) is 4.17. The second-order valence-electron chi connectivity index (χ2n) is 5.62. The first-order valence-electron chi connectivity index (χ1n) is 8.40. The van der Waals surface area contributed by atoms with Crippen molar-refractivity contribution in [3.05, 3.63) is 70.3 Å². The molecular weight excluding hydrogens is 354 g/mol. The van der Waals surface area contributed by atoms with Crippen molar-refractivity contribution >= 4 is 29.7 Å². The number of hydrogen-bond acceptors (Lipinski definition) is 4. The van der Waals surface area contributed by atoms with E-state index in [0.717, 1.165) is 25.3 Å². The van der Waals surface area contributed by atoms with E-state index in [4.69, 9.17) is 0 Å². The van der Waals surface area contributed by atoms with Crippen molar-refractivity contribution < 1.29 is 9.72 Å². The normalized spacial score (nSPS) is 10.3. The molecule has 0 aliphatic rings. The molecule has 0 unspecified atom stereocenters. The molecule has 2 rings (SSSR count). The lowest BCUT2D eigenvalue weighted by Gasteiger charge is -2.26. The molecule has 0 saturated heterocycles. The van der Waals surface area contributed by atoms with Crippen LogP contribution in [-0.4, -0.2) is 41.9 Å². The summed E-state index contributed by atoms with van der Waals surface area (Å²) in [5.74, 6) is -0.159. The van der Waals surface area contributed by atoms with E-state index in [1.54, 1.807) is 4.90 Å². The molecule has 0 atom stereocenters. The number of carbonyl (C=O) groups is 1. The molecule has 0 radical (unpaired) electrons. The van der Waals surface area contributed by atoms with Gasteiger partial charge in [0.15, 0.2) is 0 Å². The molecule has 26 heavy (non-hydrogen) atoms. The van der Waals surface area contributed by atoms with Gasteiger partial charge in [0, 0.05) is 36.5 Å². The van der Waals surface area contributed by atoms with Crippen LogP contribution in [0.5, 0.6) is 0 Å². The minimum absolute atomic E-state index is 0. The number of rotatable bonds is 8. The van der Waals surface area contributed by atoms with E-state index in [-0.39, 0.29) is 24.0 Å². The van der Waals surface area contributed by atoms with Crippen LogP contribution in [0.3, 0.4) is 0 Å². The fraction of sp³-hybridized carbons (Fsp3) is 0.316. The topological polar surface area (TPSA) is 66.7 Å². The average Bonchev–Trinajstić information content (AvgIpc) is 2.66. The Hall–Kier alpha value is -2.44. The third-order valence-corrected chi connectivity index (χ3v) is 4.17. The zero-order chi connectivity index (χ0) is 18.2. The molecule has 0 aliphatic carbocycles. The maximum atomic E-state index is 13.0. The van der Waals surface area contributed by atoms with Crippen LogP contribution in [0.2, 0.25) is 0 Å². The number of hydrogen-bond donors (Lipinski definition) is 0. The summed E-state index contributed by atoms with van der Waals surface area (Å²) in [6, 6.07) is 15.2. The van der Waals surface area contributed by atoms with E-state index in [1.165, 1.54) is 24.3 Å². The molecule has 140 valence electrons. The molecule has 0 N–H and O–H groups in total. The molecule has 6 nitrogen and oxygen atoms in total. The van der Waals surface area contributed by atoms with E-state index >= 15 is 0 Å². The van der Waals surface area contributed by atoms with Crippen LogP contribution in [0.4, 0.5) is 11.4 Å². The van der Waals surface area contributed by atoms with Crippen molar-refractivity contribution in [3.8, 4) is 0 Å². The number of nitro benzene ring substituents is 1. The van der Waals surface area contributed by atoms with Gasteiger partial charge in [-0.2, -0.15) is 0 Å². The predicted octanol–water partition coefficient (Wildman–Crippen LogP) is 4.01. The average molecular weight is 378 g/mol. The molecular formula is C19H24ClN3O3. The molecule has 2 aromatic rings. The van der Waals surface area contributed by atoms with Crippen molar-refractivity contribution in [2.45, 2.75) is 13.8 Å². The highest BCUT2D eigenvalue weighted by atomic mass is 35.5. The molecule has 0 fully saturated rings. The number of non-ortho nitro benzene ring substituents is 1. The quantitative estimate of drug-likeness (QED) is 0.515. The number of anilines is 1. The number of nitro groups is 1. The van der Waals surface area contributed by atoms with Gasteiger partial charge in [-0.15, -0.1) is 12.4 Å². The lowest BCUT2D eigenvalue weighted by Crippen LogP contribution is -2.38. The Labute approximate surface area is 160 Å². The van der Waals surface area contributed by atoms with Crippen LogP contribution in [0.15, 0.2) is 54.6 Å². The monoisotopic (exact) mass is 377 g/mol. The standard InChI is InChI=1S/C19H23N3O3.ClH/c1-3-20(4-2)14-15-21(17-8-6-5-7-9-17)19(23)16-10-12-18(13-11-16)22(24)25;/h5-13H,3-4,14-15H2,1-2H3;1H. The first kappa shape index (κ1) is 21.6. The summed E-state index contributed by atoms with van der Waals surface area (Å²) in [6.45, 7) is 7.35. The maximum Gasteiger partial charge on any atom is 0.269 e. The van der Waals surface area contributed by atoms with Crippen LogP contribution in [0.25, 0.3) is 0 Å². The summed E-state index contributed by atoms with van der Waals surface area (Å²) in [5.41, 5.74) is 1.23. The molecule has 0 saturated carbocycles. The number of carbonyl (C=O) groups excluding carboxylic acids is 1. The van der Waals surface area contributed by atoms with Crippen molar-refractivity contribution in [2.75, 3.05) is 31.1 Å². The summed E-state index contributed by atoms with van der Waals surface area (Å²) in [4.78, 5) is 27.2. The zero-order valence-corrected chi connectivity index (χ0v) is 15.8. The largest absolute Gasteiger partial charge is 0.307 e. The highest BCUT2D eigenvalue weighted by Crippen LogP contribution is 2.19. The van der Waals surface area contributed by atoms with E-state index in [1.807, 2.05) is 30.3 Å². The van der Waals surface area contributed by atoms with Crippen LogP contribution in [-0.2, 0) is 0 Å². The summed E-state index contributed by atoms with van der Waals surface area (Å²) in [6.07, 6.45) is 0. The van der Waals surface area contributed by atoms with Crippen molar-refractivity contribution in [1.29, 1.82) is 0 Å². The summed E-state index contributed by atoms with van der Waals surface area (Å²) >= 11 is 0. The fourth-order valence-electron chi connectivity index (χ4n) is 2.62. The second-order valence-corrected chi connectivity index (χ2v) is 5.62. The minimum atomic E-state index is -0.469. The molecule has 0 bridgehead atoms. The van der Waals surface area contributed by atoms with Gasteiger partial charge < -0.3 is 9.80 Å². The Morgan fingerprint density at radius 3 is 2.04 bits per heavy atom. The number of amides is 1. The van der Waals surface area contributed by atoms with E-state index < -0.39 is 4.92 Å². The fourth-order valence-corrected chi connectivity index (χ4v) is 2.62. The van der Waals surface area contributed by atoms with Crippen molar-refractivity contribution in [2.24, 2.45) is 0 Å². The Morgan fingerprint density at radius 1 is 0.962 bits per heavy atom. The molecule has 0 aliphatic heterocycles. The Balaban J connectivity index is 0.00000338. The predicted molar refractivity (Wildman–Crippen MR) is 106 cm³/mol. The van der Waals surface area contributed by atoms with Crippen molar-refractivity contribution in [1.82, 2.24) is 4.90 Å². The van der Waals surface area contributed by atoms with Gasteiger partial charge in [-0.05, 0) is 37.4 Å². The number of halogens is 1. The van der Waals surface area contributed by atoms with Gasteiger partial charge in [0.1, 0.15) is 0 Å². The van der Waals surface area contributed by atoms with Gasteiger partial charge in [-0.25, -0.2) is 0 Å². The van der Waals surface area contributed by atoms with Crippen LogP contribution in [0, 0.1) is 10.1 Å². The molecule has 0 aromatic heterocycles. The molecule has 7 heteroatoms. The van der Waals surface area contributed by atoms with Gasteiger partial charge in [0.25, 0.3) is 11.6 Å². The first-order valence-corrected chi connectivity index (χ1v) is 8.40. The second kappa shape index (κ2) is 10.5. The first-order chi connectivity index (χ1) is 12.1. The summed E-state index contributed by atoms with van der Waals surface area (Å²) in [5, 5.41) is 10.8. The third kappa shape index (κ3) is 5.54. The maximum absolute atomic E-state index is 13.0. The van der Waals surface area contributed by atoms with Gasteiger partial charge >= 0.3 is 0 Å². The number of benzene rings is 2. The highest BCUT2D eigenvalue weighted by Gasteiger charge is 2.19. The molecule has 0 heterocycles. The SMILES string of the molecule is CCN(CC)CCN(C(=O)c1ccc([N+](=O)[O-])cc1)c1ccccc1.Cl. The number of likely N-dealkylation sites (N-methyl/N-ethyl adjacent to an activating group) is 1. The van der Waals surface area contributed by atoms with E-state index in [2.05, 4.69) is 18.7 Å². The Bertz CT molecular complexity index is 704. The zero-order valence-electron chi connectivity index (χ0n) is 15.0. The smallest absolute Gasteiger partial charge is 0.269 e. The Morgan fingerprint density at radius 2 is 1.54 bits per heavy atom. The lowest BCUT2D eigenvalue weighted by atomic mass is 10.1. The number of nitrogens with zero attached hydrogens (tertiary/aromatic N) is 3. The molecule has 1 amide bonds.